The number of ether oxygens (including phenoxy) is 1. The van der Waals surface area contributed by atoms with E-state index in [1.54, 1.807) is 12.1 Å². The van der Waals surface area contributed by atoms with Crippen LogP contribution in [0.5, 0.6) is 5.75 Å². The van der Waals surface area contributed by atoms with Crippen LogP contribution in [0.25, 0.3) is 0 Å². The summed E-state index contributed by atoms with van der Waals surface area (Å²) in [6.45, 7) is 0. The van der Waals surface area contributed by atoms with E-state index in [0.29, 0.717) is 5.56 Å². The number of halogens is 2. The zero-order valence-electron chi connectivity index (χ0n) is 9.60. The lowest BCUT2D eigenvalue weighted by molar-refractivity contribution is 0.121. The molecule has 2 atom stereocenters. The first-order chi connectivity index (χ1) is 7.65. The molecule has 0 amide bonds. The molecule has 96 valence electrons. The molecule has 2 rings (SSSR count). The van der Waals surface area contributed by atoms with Gasteiger partial charge in [-0.3, -0.25) is 0 Å². The molecular weight excluding hydrogens is 245 g/mol. The van der Waals surface area contributed by atoms with Gasteiger partial charge in [0.25, 0.3) is 0 Å². The molecule has 1 aromatic carbocycles. The third-order valence-electron chi connectivity index (χ3n) is 3.03. The summed E-state index contributed by atoms with van der Waals surface area (Å²) in [6, 6.07) is 4.00. The fourth-order valence-electron chi connectivity index (χ4n) is 1.92. The highest BCUT2D eigenvalue weighted by Crippen LogP contribution is 2.39. The van der Waals surface area contributed by atoms with Crippen molar-refractivity contribution >= 4 is 12.4 Å². The van der Waals surface area contributed by atoms with Gasteiger partial charge in [0.1, 0.15) is 0 Å². The van der Waals surface area contributed by atoms with Crippen LogP contribution in [0.1, 0.15) is 24.4 Å². The Morgan fingerprint density at radius 3 is 2.65 bits per heavy atom. The summed E-state index contributed by atoms with van der Waals surface area (Å²) in [7, 11) is 1.40. The summed E-state index contributed by atoms with van der Waals surface area (Å²) in [5, 5.41) is 9.92. The van der Waals surface area contributed by atoms with Crippen LogP contribution in [0.15, 0.2) is 18.2 Å². The van der Waals surface area contributed by atoms with Crippen LogP contribution in [-0.2, 0) is 0 Å². The van der Waals surface area contributed by atoms with Crippen molar-refractivity contribution in [2.45, 2.75) is 25.0 Å². The Morgan fingerprint density at radius 1 is 1.47 bits per heavy atom. The third kappa shape index (κ3) is 2.89. The van der Waals surface area contributed by atoms with Crippen molar-refractivity contribution in [2.75, 3.05) is 7.11 Å². The highest BCUT2D eigenvalue weighted by molar-refractivity contribution is 5.85. The minimum Gasteiger partial charge on any atom is -0.493 e. The summed E-state index contributed by atoms with van der Waals surface area (Å²) < 4.78 is 18.4. The van der Waals surface area contributed by atoms with Gasteiger partial charge < -0.3 is 15.6 Å². The van der Waals surface area contributed by atoms with E-state index in [0.717, 1.165) is 12.8 Å². The minimum absolute atomic E-state index is 0. The summed E-state index contributed by atoms with van der Waals surface area (Å²) in [4.78, 5) is 0. The molecule has 0 saturated heterocycles. The van der Waals surface area contributed by atoms with Gasteiger partial charge in [-0.25, -0.2) is 4.39 Å². The SMILES string of the molecule is COc1c(F)cccc1[C@H](N)[C@H](O)C1CC1.Cl. The Kier molecular flexibility index (Phi) is 4.74. The third-order valence-corrected chi connectivity index (χ3v) is 3.03. The van der Waals surface area contributed by atoms with Crippen molar-refractivity contribution in [1.29, 1.82) is 0 Å². The maximum Gasteiger partial charge on any atom is 0.165 e. The Balaban J connectivity index is 0.00000144. The van der Waals surface area contributed by atoms with Gasteiger partial charge in [-0.2, -0.15) is 0 Å². The summed E-state index contributed by atoms with van der Waals surface area (Å²) in [5.41, 5.74) is 6.46. The molecule has 5 heteroatoms. The molecule has 0 spiro atoms. The number of aliphatic hydroxyl groups is 1. The number of para-hydroxylation sites is 1. The number of nitrogens with two attached hydrogens (primary N) is 1. The Hall–Kier alpha value is -0.840. The predicted octanol–water partition coefficient (Wildman–Crippen LogP) is 2.03. The van der Waals surface area contributed by atoms with Crippen LogP contribution in [0, 0.1) is 11.7 Å². The van der Waals surface area contributed by atoms with E-state index < -0.39 is 18.0 Å². The number of hydrogen-bond acceptors (Lipinski definition) is 3. The highest BCUT2D eigenvalue weighted by atomic mass is 35.5. The molecular formula is C12H17ClFNO2. The van der Waals surface area contributed by atoms with E-state index in [2.05, 4.69) is 0 Å². The average Bonchev–Trinajstić information content (AvgIpc) is 3.10. The summed E-state index contributed by atoms with van der Waals surface area (Å²) in [5.74, 6) is -0.0591. The van der Waals surface area contributed by atoms with E-state index in [9.17, 15) is 9.50 Å². The minimum atomic E-state index is -0.615. The first kappa shape index (κ1) is 14.2. The van der Waals surface area contributed by atoms with Gasteiger partial charge in [0.2, 0.25) is 0 Å². The molecule has 3 nitrogen and oxygen atoms in total. The van der Waals surface area contributed by atoms with Crippen LogP contribution >= 0.6 is 12.4 Å². The molecule has 1 fully saturated rings. The molecule has 1 saturated carbocycles. The average molecular weight is 262 g/mol. The van der Waals surface area contributed by atoms with E-state index in [4.69, 9.17) is 10.5 Å². The quantitative estimate of drug-likeness (QED) is 0.872. The van der Waals surface area contributed by atoms with Gasteiger partial charge in [-0.1, -0.05) is 12.1 Å². The van der Waals surface area contributed by atoms with Crippen molar-refractivity contribution in [3.63, 3.8) is 0 Å². The lowest BCUT2D eigenvalue weighted by Gasteiger charge is -2.21. The Bertz CT molecular complexity index is 385. The van der Waals surface area contributed by atoms with Gasteiger partial charge in [-0.15, -0.1) is 12.4 Å². The van der Waals surface area contributed by atoms with Gasteiger partial charge in [0.05, 0.1) is 19.3 Å². The fraction of sp³-hybridized carbons (Fsp3) is 0.500. The number of aliphatic hydroxyl groups excluding tert-OH is 1. The number of hydrogen-bond donors (Lipinski definition) is 2. The smallest absolute Gasteiger partial charge is 0.165 e. The van der Waals surface area contributed by atoms with Crippen LogP contribution in [-0.4, -0.2) is 18.3 Å². The molecule has 3 N–H and O–H groups in total. The zero-order chi connectivity index (χ0) is 11.7. The maximum absolute atomic E-state index is 13.4. The van der Waals surface area contributed by atoms with Crippen LogP contribution in [0.2, 0.25) is 0 Å². The Morgan fingerprint density at radius 2 is 2.12 bits per heavy atom. The maximum atomic E-state index is 13.4. The monoisotopic (exact) mass is 261 g/mol. The van der Waals surface area contributed by atoms with Crippen molar-refractivity contribution in [3.05, 3.63) is 29.6 Å². The number of methoxy groups -OCH3 is 1. The van der Waals surface area contributed by atoms with Crippen molar-refractivity contribution < 1.29 is 14.2 Å². The topological polar surface area (TPSA) is 55.5 Å². The second-order valence-electron chi connectivity index (χ2n) is 4.22. The largest absolute Gasteiger partial charge is 0.493 e. The molecule has 0 unspecified atom stereocenters. The normalized spacial score (nSPS) is 18.1. The van der Waals surface area contributed by atoms with E-state index in [1.807, 2.05) is 0 Å². The first-order valence-electron chi connectivity index (χ1n) is 5.41. The van der Waals surface area contributed by atoms with Gasteiger partial charge in [-0.05, 0) is 24.8 Å². The van der Waals surface area contributed by atoms with Crippen LogP contribution in [0.4, 0.5) is 4.39 Å². The van der Waals surface area contributed by atoms with Gasteiger partial charge in [0, 0.05) is 5.56 Å². The fourth-order valence-corrected chi connectivity index (χ4v) is 1.92. The lowest BCUT2D eigenvalue weighted by Crippen LogP contribution is -2.28. The van der Waals surface area contributed by atoms with E-state index in [1.165, 1.54) is 13.2 Å². The van der Waals surface area contributed by atoms with Gasteiger partial charge in [0.15, 0.2) is 11.6 Å². The molecule has 0 heterocycles. The number of benzene rings is 1. The van der Waals surface area contributed by atoms with Gasteiger partial charge >= 0.3 is 0 Å². The predicted molar refractivity (Wildman–Crippen MR) is 65.9 cm³/mol. The standard InChI is InChI=1S/C12H16FNO2.ClH/c1-16-12-8(3-2-4-9(12)13)10(14)11(15)7-5-6-7;/h2-4,7,10-11,15H,5-6,14H2,1H3;1H/t10-,11+;/m0./s1. The summed E-state index contributed by atoms with van der Waals surface area (Å²) in [6.07, 6.45) is 1.37. The van der Waals surface area contributed by atoms with Crippen molar-refractivity contribution in [3.8, 4) is 5.75 Å². The molecule has 0 radical (unpaired) electrons. The zero-order valence-corrected chi connectivity index (χ0v) is 10.4. The molecule has 0 bridgehead atoms. The number of rotatable bonds is 4. The molecule has 1 aliphatic rings. The van der Waals surface area contributed by atoms with Crippen molar-refractivity contribution in [1.82, 2.24) is 0 Å². The van der Waals surface area contributed by atoms with Crippen LogP contribution < -0.4 is 10.5 Å². The van der Waals surface area contributed by atoms with E-state index in [-0.39, 0.29) is 24.1 Å². The Labute approximate surface area is 106 Å². The van der Waals surface area contributed by atoms with E-state index >= 15 is 0 Å². The molecule has 1 aromatic rings. The highest BCUT2D eigenvalue weighted by Gasteiger charge is 2.35. The molecule has 1 aliphatic carbocycles. The first-order valence-corrected chi connectivity index (χ1v) is 5.41. The second kappa shape index (κ2) is 5.67. The lowest BCUT2D eigenvalue weighted by atomic mass is 9.98. The van der Waals surface area contributed by atoms with Crippen molar-refractivity contribution in [2.24, 2.45) is 11.7 Å². The second-order valence-corrected chi connectivity index (χ2v) is 4.22. The summed E-state index contributed by atoms with van der Waals surface area (Å²) >= 11 is 0. The molecule has 17 heavy (non-hydrogen) atoms. The molecule has 0 aromatic heterocycles. The molecule has 0 aliphatic heterocycles. The van der Waals surface area contributed by atoms with Crippen LogP contribution in [0.3, 0.4) is 0 Å².